The third-order valence-corrected chi connectivity index (χ3v) is 6.86. The van der Waals surface area contributed by atoms with E-state index in [4.69, 9.17) is 0 Å². The molecule has 35 heavy (non-hydrogen) atoms. The predicted molar refractivity (Wildman–Crippen MR) is 142 cm³/mol. The molecule has 4 rings (SSSR count). The van der Waals surface area contributed by atoms with E-state index in [-0.39, 0.29) is 5.91 Å². The van der Waals surface area contributed by atoms with Gasteiger partial charge < -0.3 is 10.6 Å². The fraction of sp³-hybridized carbons (Fsp3) is 0.355. The Morgan fingerprint density at radius 2 is 1.80 bits per heavy atom. The number of fused-ring (bicyclic) bond motifs is 1. The van der Waals surface area contributed by atoms with E-state index in [1.165, 1.54) is 29.5 Å². The van der Waals surface area contributed by atoms with E-state index in [0.717, 1.165) is 43.4 Å². The highest BCUT2D eigenvalue weighted by molar-refractivity contribution is 5.95. The summed E-state index contributed by atoms with van der Waals surface area (Å²) in [7, 11) is 0. The second-order valence-corrected chi connectivity index (χ2v) is 9.49. The Labute approximate surface area is 209 Å². The fourth-order valence-electron chi connectivity index (χ4n) is 4.85. The van der Waals surface area contributed by atoms with Crippen LogP contribution in [-0.2, 0) is 19.3 Å². The van der Waals surface area contributed by atoms with Crippen LogP contribution >= 0.6 is 0 Å². The molecule has 2 N–H and O–H groups in total. The smallest absolute Gasteiger partial charge is 0.252 e. The topological polar surface area (TPSA) is 64.9 Å². The zero-order chi connectivity index (χ0) is 24.5. The van der Waals surface area contributed by atoms with E-state index in [2.05, 4.69) is 41.8 Å². The van der Waals surface area contributed by atoms with Crippen molar-refractivity contribution in [2.45, 2.75) is 64.0 Å². The molecule has 0 aliphatic heterocycles. The normalized spacial score (nSPS) is 15.6. The monoisotopic (exact) mass is 465 g/mol. The van der Waals surface area contributed by atoms with Gasteiger partial charge in [0.05, 0.1) is 6.07 Å². The van der Waals surface area contributed by atoms with Gasteiger partial charge >= 0.3 is 0 Å². The minimum Gasteiger partial charge on any atom is -0.336 e. The second-order valence-electron chi connectivity index (χ2n) is 9.49. The first kappa shape index (κ1) is 24.7. The minimum absolute atomic E-state index is 0.199. The van der Waals surface area contributed by atoms with Gasteiger partial charge in [0.25, 0.3) is 5.91 Å². The maximum absolute atomic E-state index is 12.7. The van der Waals surface area contributed by atoms with E-state index in [9.17, 15) is 10.1 Å². The molecule has 0 spiro atoms. The summed E-state index contributed by atoms with van der Waals surface area (Å²) in [6, 6.07) is 26.8. The fourth-order valence-corrected chi connectivity index (χ4v) is 4.85. The largest absolute Gasteiger partial charge is 0.336 e. The van der Waals surface area contributed by atoms with Crippen molar-refractivity contribution in [2.24, 2.45) is 0 Å². The van der Waals surface area contributed by atoms with Crippen LogP contribution in [0.4, 0.5) is 0 Å². The molecule has 1 aliphatic rings. The number of carbonyl (C=O) groups excluding carboxylic acids is 1. The van der Waals surface area contributed by atoms with Gasteiger partial charge in [0.15, 0.2) is 0 Å². The first-order valence-electron chi connectivity index (χ1n) is 12.9. The van der Waals surface area contributed by atoms with E-state index >= 15 is 0 Å². The third kappa shape index (κ3) is 6.81. The number of hydrogen-bond acceptors (Lipinski definition) is 3. The number of nitrogens with one attached hydrogen (secondary N) is 2. The van der Waals surface area contributed by atoms with Gasteiger partial charge in [-0.2, -0.15) is 5.26 Å². The van der Waals surface area contributed by atoms with Crippen LogP contribution in [0.2, 0.25) is 0 Å². The molecule has 2 atom stereocenters. The summed E-state index contributed by atoms with van der Waals surface area (Å²) in [6.07, 6.45) is 7.04. The van der Waals surface area contributed by atoms with Crippen LogP contribution in [0.15, 0.2) is 72.8 Å². The van der Waals surface area contributed by atoms with Crippen molar-refractivity contribution >= 4 is 5.91 Å². The molecular formula is C31H35N3O. The Bertz CT molecular complexity index is 1150. The molecule has 3 aromatic rings. The van der Waals surface area contributed by atoms with Crippen molar-refractivity contribution in [1.82, 2.24) is 10.6 Å². The summed E-state index contributed by atoms with van der Waals surface area (Å²) in [5.74, 6) is -0.199. The molecule has 0 bridgehead atoms. The molecule has 1 amide bonds. The van der Waals surface area contributed by atoms with Gasteiger partial charge in [0.2, 0.25) is 0 Å². The SMILES string of the molecule is CCCN[C@H]1CCc2ccc(CCCC(C#N)NC(=O)c3ccc(-c4ccccc4)cc3)cc2C1. The summed E-state index contributed by atoms with van der Waals surface area (Å²) in [4.78, 5) is 12.7. The molecular weight excluding hydrogens is 430 g/mol. The maximum atomic E-state index is 12.7. The van der Waals surface area contributed by atoms with Crippen LogP contribution in [0, 0.1) is 11.3 Å². The molecule has 0 fully saturated rings. The summed E-state index contributed by atoms with van der Waals surface area (Å²) < 4.78 is 0. The number of aryl methyl sites for hydroxylation is 2. The van der Waals surface area contributed by atoms with Gasteiger partial charge in [-0.1, -0.05) is 67.6 Å². The van der Waals surface area contributed by atoms with E-state index in [1.807, 2.05) is 54.6 Å². The van der Waals surface area contributed by atoms with E-state index in [1.54, 1.807) is 0 Å². The molecule has 0 aromatic heterocycles. The zero-order valence-electron chi connectivity index (χ0n) is 20.6. The van der Waals surface area contributed by atoms with Crippen molar-refractivity contribution in [3.8, 4) is 17.2 Å². The second kappa shape index (κ2) is 12.3. The predicted octanol–water partition coefficient (Wildman–Crippen LogP) is 5.86. The van der Waals surface area contributed by atoms with Crippen LogP contribution < -0.4 is 10.6 Å². The van der Waals surface area contributed by atoms with E-state index < -0.39 is 6.04 Å². The highest BCUT2D eigenvalue weighted by atomic mass is 16.1. The molecule has 4 nitrogen and oxygen atoms in total. The standard InChI is InChI=1S/C31H35N3O/c1-2-19-33-29-18-17-26-12-11-23(20-28(26)21-29)7-6-10-30(22-32)34-31(35)27-15-13-25(14-16-27)24-8-4-3-5-9-24/h3-5,8-9,11-16,20,29-30,33H,2,6-7,10,17-19,21H2,1H3,(H,34,35)/t29-,30?/m0/s1. The molecule has 1 aliphatic carbocycles. The summed E-state index contributed by atoms with van der Waals surface area (Å²) >= 11 is 0. The Balaban J connectivity index is 1.27. The van der Waals surface area contributed by atoms with Gasteiger partial charge in [-0.15, -0.1) is 0 Å². The maximum Gasteiger partial charge on any atom is 0.252 e. The minimum atomic E-state index is -0.489. The molecule has 0 radical (unpaired) electrons. The lowest BCUT2D eigenvalue weighted by Gasteiger charge is -2.26. The van der Waals surface area contributed by atoms with Crippen molar-refractivity contribution in [3.05, 3.63) is 95.1 Å². The average molecular weight is 466 g/mol. The molecule has 3 aromatic carbocycles. The number of nitrogens with zero attached hydrogens (tertiary/aromatic N) is 1. The number of rotatable bonds is 10. The van der Waals surface area contributed by atoms with Crippen LogP contribution in [0.25, 0.3) is 11.1 Å². The highest BCUT2D eigenvalue weighted by Crippen LogP contribution is 2.24. The molecule has 0 saturated heterocycles. The van der Waals surface area contributed by atoms with Gasteiger partial charge in [-0.3, -0.25) is 4.79 Å². The third-order valence-electron chi connectivity index (χ3n) is 6.86. The molecule has 0 saturated carbocycles. The summed E-state index contributed by atoms with van der Waals surface area (Å²) in [5, 5.41) is 16.2. The van der Waals surface area contributed by atoms with Gasteiger partial charge in [0, 0.05) is 11.6 Å². The summed E-state index contributed by atoms with van der Waals surface area (Å²) in [6.45, 7) is 3.29. The first-order valence-corrected chi connectivity index (χ1v) is 12.9. The number of carbonyl (C=O) groups is 1. The number of benzene rings is 3. The van der Waals surface area contributed by atoms with Crippen LogP contribution in [0.1, 0.15) is 59.7 Å². The number of amides is 1. The summed E-state index contributed by atoms with van der Waals surface area (Å²) in [5.41, 5.74) is 7.02. The van der Waals surface area contributed by atoms with Crippen LogP contribution in [0.3, 0.4) is 0 Å². The lowest BCUT2D eigenvalue weighted by Crippen LogP contribution is -2.35. The van der Waals surface area contributed by atoms with Crippen LogP contribution in [0.5, 0.6) is 0 Å². The number of hydrogen-bond donors (Lipinski definition) is 2. The number of nitriles is 1. The van der Waals surface area contributed by atoms with Crippen molar-refractivity contribution in [3.63, 3.8) is 0 Å². The van der Waals surface area contributed by atoms with E-state index in [0.29, 0.717) is 18.0 Å². The molecule has 180 valence electrons. The van der Waals surface area contributed by atoms with Crippen molar-refractivity contribution < 1.29 is 4.79 Å². The Kier molecular flexibility index (Phi) is 8.70. The Morgan fingerprint density at radius 1 is 1.03 bits per heavy atom. The first-order chi connectivity index (χ1) is 17.2. The molecule has 1 unspecified atom stereocenters. The van der Waals surface area contributed by atoms with Crippen LogP contribution in [-0.4, -0.2) is 24.5 Å². The van der Waals surface area contributed by atoms with Crippen molar-refractivity contribution in [2.75, 3.05) is 6.54 Å². The molecule has 0 heterocycles. The van der Waals surface area contributed by atoms with Crippen molar-refractivity contribution in [1.29, 1.82) is 5.26 Å². The van der Waals surface area contributed by atoms with Gasteiger partial charge in [-0.05, 0) is 91.4 Å². The van der Waals surface area contributed by atoms with Gasteiger partial charge in [0.1, 0.15) is 6.04 Å². The van der Waals surface area contributed by atoms with Gasteiger partial charge in [-0.25, -0.2) is 0 Å². The average Bonchev–Trinajstić information content (AvgIpc) is 2.91. The zero-order valence-corrected chi connectivity index (χ0v) is 20.6. The lowest BCUT2D eigenvalue weighted by atomic mass is 9.86. The molecule has 4 heteroatoms. The quantitative estimate of drug-likeness (QED) is 0.394. The lowest BCUT2D eigenvalue weighted by molar-refractivity contribution is 0.0943. The Hall–Kier alpha value is -3.42. The Morgan fingerprint density at radius 3 is 2.54 bits per heavy atom. The highest BCUT2D eigenvalue weighted by Gasteiger charge is 2.18.